The second-order valence-corrected chi connectivity index (χ2v) is 5.55. The fourth-order valence-corrected chi connectivity index (χ4v) is 1.41. The van der Waals surface area contributed by atoms with Gasteiger partial charge in [0.25, 0.3) is 0 Å². The highest BCUT2D eigenvalue weighted by molar-refractivity contribution is 5.85. The van der Waals surface area contributed by atoms with Crippen LogP contribution in [0.25, 0.3) is 0 Å². The van der Waals surface area contributed by atoms with Crippen LogP contribution in [0.3, 0.4) is 0 Å². The minimum atomic E-state index is -0.197. The summed E-state index contributed by atoms with van der Waals surface area (Å²) >= 11 is 0. The Hall–Kier alpha value is -0.570. The summed E-state index contributed by atoms with van der Waals surface area (Å²) in [6.07, 6.45) is 2.94. The van der Waals surface area contributed by atoms with Crippen molar-refractivity contribution >= 4 is 5.91 Å². The van der Waals surface area contributed by atoms with Crippen molar-refractivity contribution in [1.82, 2.24) is 5.32 Å². The average Bonchev–Trinajstić information content (AvgIpc) is 2.81. The van der Waals surface area contributed by atoms with Crippen LogP contribution in [0.4, 0.5) is 0 Å². The van der Waals surface area contributed by atoms with Gasteiger partial charge in [0.2, 0.25) is 5.91 Å². The lowest BCUT2D eigenvalue weighted by molar-refractivity contribution is -0.126. The topological polar surface area (TPSA) is 55.1 Å². The van der Waals surface area contributed by atoms with E-state index >= 15 is 0 Å². The van der Waals surface area contributed by atoms with Gasteiger partial charge < -0.3 is 11.1 Å². The number of hydrogen-bond donors (Lipinski definition) is 2. The Morgan fingerprint density at radius 1 is 1.43 bits per heavy atom. The Kier molecular flexibility index (Phi) is 3.20. The lowest BCUT2D eigenvalue weighted by Gasteiger charge is -2.19. The summed E-state index contributed by atoms with van der Waals surface area (Å²) in [6.45, 7) is 7.79. The van der Waals surface area contributed by atoms with Gasteiger partial charge in [-0.1, -0.05) is 20.8 Å². The third-order valence-electron chi connectivity index (χ3n) is 2.89. The molecule has 0 unspecified atom stereocenters. The van der Waals surface area contributed by atoms with Crippen molar-refractivity contribution in [1.29, 1.82) is 0 Å². The van der Waals surface area contributed by atoms with E-state index in [0.717, 1.165) is 25.8 Å². The number of carbonyl (C=O) groups excluding carboxylic acids is 1. The van der Waals surface area contributed by atoms with Crippen molar-refractivity contribution < 1.29 is 4.79 Å². The highest BCUT2D eigenvalue weighted by Crippen LogP contribution is 2.44. The first-order chi connectivity index (χ1) is 6.40. The maximum Gasteiger partial charge on any atom is 0.227 e. The molecule has 1 rings (SSSR count). The zero-order valence-corrected chi connectivity index (χ0v) is 9.52. The van der Waals surface area contributed by atoms with E-state index in [2.05, 4.69) is 26.1 Å². The van der Waals surface area contributed by atoms with Gasteiger partial charge in [-0.2, -0.15) is 0 Å². The summed E-state index contributed by atoms with van der Waals surface area (Å²) in [5.41, 5.74) is 5.65. The number of rotatable bonds is 4. The zero-order valence-electron chi connectivity index (χ0n) is 9.52. The molecule has 0 aromatic heterocycles. The van der Waals surface area contributed by atoms with Crippen LogP contribution in [0.5, 0.6) is 0 Å². The second kappa shape index (κ2) is 3.89. The van der Waals surface area contributed by atoms with Crippen LogP contribution in [0.15, 0.2) is 0 Å². The first-order valence-corrected chi connectivity index (χ1v) is 5.38. The van der Waals surface area contributed by atoms with Crippen LogP contribution in [0.2, 0.25) is 0 Å². The molecule has 0 aliphatic heterocycles. The van der Waals surface area contributed by atoms with E-state index in [1.165, 1.54) is 0 Å². The fraction of sp³-hybridized carbons (Fsp3) is 0.909. The monoisotopic (exact) mass is 198 g/mol. The molecule has 1 aliphatic rings. The van der Waals surface area contributed by atoms with Gasteiger partial charge in [0, 0.05) is 13.1 Å². The molecule has 0 heterocycles. The number of hydrogen-bond acceptors (Lipinski definition) is 2. The molecule has 3 nitrogen and oxygen atoms in total. The van der Waals surface area contributed by atoms with E-state index in [0.29, 0.717) is 6.54 Å². The van der Waals surface area contributed by atoms with E-state index in [4.69, 9.17) is 5.73 Å². The molecule has 1 fully saturated rings. The van der Waals surface area contributed by atoms with Crippen molar-refractivity contribution in [2.45, 2.75) is 40.0 Å². The molecule has 82 valence electrons. The molecule has 0 atom stereocenters. The van der Waals surface area contributed by atoms with Crippen molar-refractivity contribution in [2.75, 3.05) is 13.1 Å². The van der Waals surface area contributed by atoms with Gasteiger partial charge in [0.1, 0.15) is 0 Å². The van der Waals surface area contributed by atoms with Gasteiger partial charge in [-0.15, -0.1) is 0 Å². The first kappa shape index (κ1) is 11.5. The summed E-state index contributed by atoms with van der Waals surface area (Å²) in [7, 11) is 0. The minimum Gasteiger partial charge on any atom is -0.356 e. The van der Waals surface area contributed by atoms with Crippen LogP contribution >= 0.6 is 0 Å². The molecule has 0 radical (unpaired) electrons. The maximum absolute atomic E-state index is 11.7. The summed E-state index contributed by atoms with van der Waals surface area (Å²) in [6, 6.07) is 0. The quantitative estimate of drug-likeness (QED) is 0.715. The van der Waals surface area contributed by atoms with Gasteiger partial charge in [0.05, 0.1) is 5.41 Å². The summed E-state index contributed by atoms with van der Waals surface area (Å²) in [5.74, 6) is 0.157. The molecular formula is C11H22N2O. The predicted molar refractivity (Wildman–Crippen MR) is 57.8 cm³/mol. The fourth-order valence-electron chi connectivity index (χ4n) is 1.41. The Labute approximate surface area is 86.4 Å². The molecule has 0 spiro atoms. The number of nitrogens with two attached hydrogens (primary N) is 1. The van der Waals surface area contributed by atoms with Gasteiger partial charge >= 0.3 is 0 Å². The molecule has 3 heteroatoms. The van der Waals surface area contributed by atoms with Gasteiger partial charge in [-0.3, -0.25) is 4.79 Å². The average molecular weight is 198 g/mol. The third-order valence-corrected chi connectivity index (χ3v) is 2.89. The Morgan fingerprint density at radius 3 is 2.36 bits per heavy atom. The van der Waals surface area contributed by atoms with Crippen LogP contribution in [0, 0.1) is 10.8 Å². The SMILES string of the molecule is CC(C)(C)CCNC(=O)C1(CN)CC1. The third kappa shape index (κ3) is 2.98. The van der Waals surface area contributed by atoms with E-state index in [1.54, 1.807) is 0 Å². The van der Waals surface area contributed by atoms with E-state index < -0.39 is 0 Å². The van der Waals surface area contributed by atoms with Crippen LogP contribution in [-0.2, 0) is 4.79 Å². The molecule has 3 N–H and O–H groups in total. The Balaban J connectivity index is 2.23. The molecule has 0 bridgehead atoms. The lowest BCUT2D eigenvalue weighted by Crippen LogP contribution is -2.37. The van der Waals surface area contributed by atoms with Crippen molar-refractivity contribution in [3.63, 3.8) is 0 Å². The van der Waals surface area contributed by atoms with Crippen LogP contribution < -0.4 is 11.1 Å². The summed E-state index contributed by atoms with van der Waals surface area (Å²) in [4.78, 5) is 11.7. The molecule has 0 saturated heterocycles. The van der Waals surface area contributed by atoms with E-state index in [1.807, 2.05) is 0 Å². The number of amides is 1. The van der Waals surface area contributed by atoms with Crippen LogP contribution in [0.1, 0.15) is 40.0 Å². The maximum atomic E-state index is 11.7. The number of carbonyl (C=O) groups is 1. The Bertz CT molecular complexity index is 214. The highest BCUT2D eigenvalue weighted by atomic mass is 16.2. The van der Waals surface area contributed by atoms with Crippen molar-refractivity contribution in [2.24, 2.45) is 16.6 Å². The second-order valence-electron chi connectivity index (χ2n) is 5.55. The molecule has 0 aromatic carbocycles. The lowest BCUT2D eigenvalue weighted by atomic mass is 9.92. The Morgan fingerprint density at radius 2 is 2.00 bits per heavy atom. The number of nitrogens with one attached hydrogen (secondary N) is 1. The predicted octanol–water partition coefficient (Wildman–Crippen LogP) is 1.28. The molecule has 14 heavy (non-hydrogen) atoms. The summed E-state index contributed by atoms with van der Waals surface area (Å²) < 4.78 is 0. The summed E-state index contributed by atoms with van der Waals surface area (Å²) in [5, 5.41) is 2.97. The highest BCUT2D eigenvalue weighted by Gasteiger charge is 2.48. The van der Waals surface area contributed by atoms with Crippen LogP contribution in [-0.4, -0.2) is 19.0 Å². The normalized spacial score (nSPS) is 19.1. The van der Waals surface area contributed by atoms with E-state index in [-0.39, 0.29) is 16.7 Å². The standard InChI is InChI=1S/C11H22N2O/c1-10(2,3)6-7-13-9(14)11(8-12)4-5-11/h4-8,12H2,1-3H3,(H,13,14). The molecular weight excluding hydrogens is 176 g/mol. The van der Waals surface area contributed by atoms with Gasteiger partial charge in [-0.25, -0.2) is 0 Å². The van der Waals surface area contributed by atoms with Gasteiger partial charge in [-0.05, 0) is 24.7 Å². The first-order valence-electron chi connectivity index (χ1n) is 5.38. The zero-order chi connectivity index (χ0) is 10.8. The largest absolute Gasteiger partial charge is 0.356 e. The van der Waals surface area contributed by atoms with Crippen molar-refractivity contribution in [3.05, 3.63) is 0 Å². The molecule has 1 amide bonds. The van der Waals surface area contributed by atoms with E-state index in [9.17, 15) is 4.79 Å². The molecule has 0 aromatic rings. The van der Waals surface area contributed by atoms with Crippen molar-refractivity contribution in [3.8, 4) is 0 Å². The van der Waals surface area contributed by atoms with Gasteiger partial charge in [0.15, 0.2) is 0 Å². The molecule has 1 aliphatic carbocycles. The molecule has 1 saturated carbocycles. The smallest absolute Gasteiger partial charge is 0.227 e. The minimum absolute atomic E-state index is 0.157.